The fourth-order valence-corrected chi connectivity index (χ4v) is 4.78. The van der Waals surface area contributed by atoms with E-state index >= 15 is 0 Å². The van der Waals surface area contributed by atoms with E-state index < -0.39 is 15.9 Å². The van der Waals surface area contributed by atoms with E-state index in [9.17, 15) is 13.5 Å². The summed E-state index contributed by atoms with van der Waals surface area (Å²) in [4.78, 5) is 4.96. The highest BCUT2D eigenvalue weighted by Crippen LogP contribution is 2.27. The molecule has 1 fully saturated rings. The van der Waals surface area contributed by atoms with Crippen molar-refractivity contribution < 1.29 is 13.5 Å². The Morgan fingerprint density at radius 2 is 2.44 bits per heavy atom. The number of aromatic nitrogens is 1. The lowest BCUT2D eigenvalue weighted by molar-refractivity contribution is 0.203. The maximum atomic E-state index is 11.6. The first-order chi connectivity index (χ1) is 7.49. The molecule has 1 N–H and O–H groups in total. The molecule has 0 aliphatic carbocycles. The van der Waals surface area contributed by atoms with Gasteiger partial charge in [-0.15, -0.1) is 11.3 Å². The lowest BCUT2D eigenvalue weighted by Gasteiger charge is -2.05. The SMILES string of the molecule is CC(O)c1cnc(CC2CCCS2(=O)=O)s1. The molecule has 1 aliphatic heterocycles. The number of hydrogen-bond donors (Lipinski definition) is 1. The third-order valence-electron chi connectivity index (χ3n) is 2.85. The van der Waals surface area contributed by atoms with Crippen molar-refractivity contribution >= 4 is 21.2 Å². The van der Waals surface area contributed by atoms with Crippen molar-refractivity contribution in [3.63, 3.8) is 0 Å². The van der Waals surface area contributed by atoms with Crippen molar-refractivity contribution in [1.82, 2.24) is 4.98 Å². The van der Waals surface area contributed by atoms with E-state index in [1.54, 1.807) is 13.1 Å². The first kappa shape index (κ1) is 12.0. The Kier molecular flexibility index (Phi) is 3.32. The van der Waals surface area contributed by atoms with Gasteiger partial charge in [0.1, 0.15) is 0 Å². The quantitative estimate of drug-likeness (QED) is 0.891. The van der Waals surface area contributed by atoms with Gasteiger partial charge in [-0.25, -0.2) is 13.4 Å². The van der Waals surface area contributed by atoms with Gasteiger partial charge >= 0.3 is 0 Å². The summed E-state index contributed by atoms with van der Waals surface area (Å²) >= 11 is 1.40. The third kappa shape index (κ3) is 2.44. The van der Waals surface area contributed by atoms with E-state index in [1.165, 1.54) is 11.3 Å². The molecule has 1 aliphatic rings. The van der Waals surface area contributed by atoms with Crippen LogP contribution in [-0.4, -0.2) is 29.5 Å². The van der Waals surface area contributed by atoms with Crippen molar-refractivity contribution in [2.24, 2.45) is 0 Å². The third-order valence-corrected chi connectivity index (χ3v) is 6.31. The number of nitrogens with zero attached hydrogens (tertiary/aromatic N) is 1. The second-order valence-corrected chi connectivity index (χ2v) is 7.72. The number of sulfone groups is 1. The molecule has 0 amide bonds. The topological polar surface area (TPSA) is 67.3 Å². The first-order valence-corrected chi connectivity index (χ1v) is 7.86. The standard InChI is InChI=1S/C10H15NO3S2/c1-7(12)9-6-11-10(15-9)5-8-3-2-4-16(8,13)14/h6-8,12H,2-5H2,1H3. The number of aliphatic hydroxyl groups is 1. The minimum atomic E-state index is -2.89. The fourth-order valence-electron chi connectivity index (χ4n) is 1.89. The summed E-state index contributed by atoms with van der Waals surface area (Å²) in [6.45, 7) is 1.68. The maximum absolute atomic E-state index is 11.6. The zero-order chi connectivity index (χ0) is 11.8. The van der Waals surface area contributed by atoms with Gasteiger partial charge < -0.3 is 5.11 Å². The first-order valence-electron chi connectivity index (χ1n) is 5.33. The van der Waals surface area contributed by atoms with Crippen LogP contribution in [0, 0.1) is 0 Å². The van der Waals surface area contributed by atoms with E-state index in [0.29, 0.717) is 12.2 Å². The van der Waals surface area contributed by atoms with Crippen LogP contribution in [-0.2, 0) is 16.3 Å². The van der Waals surface area contributed by atoms with Gasteiger partial charge in [0.05, 0.1) is 27.0 Å². The maximum Gasteiger partial charge on any atom is 0.153 e. The smallest absolute Gasteiger partial charge is 0.153 e. The normalized spacial score (nSPS) is 25.8. The van der Waals surface area contributed by atoms with Gasteiger partial charge in [0.25, 0.3) is 0 Å². The molecule has 2 rings (SSSR count). The van der Waals surface area contributed by atoms with Gasteiger partial charge in [-0.05, 0) is 19.8 Å². The second kappa shape index (κ2) is 4.43. The molecular formula is C10H15NO3S2. The molecule has 6 heteroatoms. The minimum Gasteiger partial charge on any atom is -0.388 e. The summed E-state index contributed by atoms with van der Waals surface area (Å²) in [7, 11) is -2.89. The van der Waals surface area contributed by atoms with Crippen LogP contribution in [0.5, 0.6) is 0 Å². The summed E-state index contributed by atoms with van der Waals surface area (Å²) in [5.74, 6) is 0.312. The molecule has 1 aromatic heterocycles. The van der Waals surface area contributed by atoms with Gasteiger partial charge in [0, 0.05) is 12.6 Å². The lowest BCUT2D eigenvalue weighted by atomic mass is 10.2. The van der Waals surface area contributed by atoms with Crippen LogP contribution in [0.1, 0.15) is 35.8 Å². The Hall–Kier alpha value is -0.460. The summed E-state index contributed by atoms with van der Waals surface area (Å²) < 4.78 is 23.3. The molecule has 1 aromatic rings. The number of hydrogen-bond acceptors (Lipinski definition) is 5. The van der Waals surface area contributed by atoms with E-state index in [0.717, 1.165) is 22.7 Å². The van der Waals surface area contributed by atoms with E-state index in [4.69, 9.17) is 0 Å². The highest BCUT2D eigenvalue weighted by atomic mass is 32.2. The Bertz CT molecular complexity index is 464. The Balaban J connectivity index is 2.09. The van der Waals surface area contributed by atoms with E-state index in [2.05, 4.69) is 4.98 Å². The highest BCUT2D eigenvalue weighted by molar-refractivity contribution is 7.92. The number of aliphatic hydroxyl groups excluding tert-OH is 1. The summed E-state index contributed by atoms with van der Waals surface area (Å²) in [6, 6.07) is 0. The average Bonchev–Trinajstić information content (AvgIpc) is 2.75. The molecule has 1 saturated heterocycles. The molecule has 16 heavy (non-hydrogen) atoms. The van der Waals surface area contributed by atoms with Crippen LogP contribution in [0.25, 0.3) is 0 Å². The van der Waals surface area contributed by atoms with Crippen LogP contribution in [0.2, 0.25) is 0 Å². The van der Waals surface area contributed by atoms with Crippen LogP contribution in [0.3, 0.4) is 0 Å². The molecule has 2 heterocycles. The molecule has 2 unspecified atom stereocenters. The minimum absolute atomic E-state index is 0.263. The predicted molar refractivity (Wildman–Crippen MR) is 63.3 cm³/mol. The Morgan fingerprint density at radius 3 is 2.94 bits per heavy atom. The van der Waals surface area contributed by atoms with E-state index in [1.807, 2.05) is 0 Å². The zero-order valence-electron chi connectivity index (χ0n) is 9.09. The molecule has 0 bridgehead atoms. The van der Waals surface area contributed by atoms with Crippen LogP contribution < -0.4 is 0 Å². The van der Waals surface area contributed by atoms with Gasteiger partial charge in [-0.2, -0.15) is 0 Å². The van der Waals surface area contributed by atoms with Crippen LogP contribution in [0.15, 0.2) is 6.20 Å². The number of thiazole rings is 1. The lowest BCUT2D eigenvalue weighted by Crippen LogP contribution is -2.18. The van der Waals surface area contributed by atoms with Crippen LogP contribution in [0.4, 0.5) is 0 Å². The van der Waals surface area contributed by atoms with E-state index in [-0.39, 0.29) is 5.25 Å². The fraction of sp³-hybridized carbons (Fsp3) is 0.700. The summed E-state index contributed by atoms with van der Waals surface area (Å²) in [5, 5.41) is 9.90. The molecule has 2 atom stereocenters. The molecule has 4 nitrogen and oxygen atoms in total. The predicted octanol–water partition coefficient (Wildman–Crippen LogP) is 1.32. The largest absolute Gasteiger partial charge is 0.388 e. The average molecular weight is 261 g/mol. The zero-order valence-corrected chi connectivity index (χ0v) is 10.7. The molecule has 0 saturated carbocycles. The monoisotopic (exact) mass is 261 g/mol. The van der Waals surface area contributed by atoms with Crippen LogP contribution >= 0.6 is 11.3 Å². The second-order valence-electron chi connectivity index (χ2n) is 4.17. The summed E-state index contributed by atoms with van der Waals surface area (Å²) in [5.41, 5.74) is 0. The van der Waals surface area contributed by atoms with Crippen molar-refractivity contribution in [2.45, 2.75) is 37.5 Å². The molecule has 0 aromatic carbocycles. The highest BCUT2D eigenvalue weighted by Gasteiger charge is 2.31. The van der Waals surface area contributed by atoms with Crippen molar-refractivity contribution in [1.29, 1.82) is 0 Å². The van der Waals surface area contributed by atoms with Gasteiger partial charge in [0.15, 0.2) is 9.84 Å². The van der Waals surface area contributed by atoms with Crippen molar-refractivity contribution in [3.8, 4) is 0 Å². The van der Waals surface area contributed by atoms with Crippen molar-refractivity contribution in [2.75, 3.05) is 5.75 Å². The Labute approximate surface area is 99.3 Å². The van der Waals surface area contributed by atoms with Gasteiger partial charge in [0.2, 0.25) is 0 Å². The number of rotatable bonds is 3. The molecule has 90 valence electrons. The van der Waals surface area contributed by atoms with Crippen molar-refractivity contribution in [3.05, 3.63) is 16.1 Å². The van der Waals surface area contributed by atoms with Gasteiger partial charge in [-0.3, -0.25) is 0 Å². The summed E-state index contributed by atoms with van der Waals surface area (Å²) in [6.07, 6.45) is 3.12. The van der Waals surface area contributed by atoms with Gasteiger partial charge in [-0.1, -0.05) is 0 Å². The molecular weight excluding hydrogens is 246 g/mol. The molecule has 0 radical (unpaired) electrons. The Morgan fingerprint density at radius 1 is 1.69 bits per heavy atom. The molecule has 0 spiro atoms.